The minimum Gasteiger partial charge on any atom is -0.478 e. The highest BCUT2D eigenvalue weighted by atomic mass is 35.5. The van der Waals surface area contributed by atoms with Crippen molar-refractivity contribution in [3.63, 3.8) is 0 Å². The van der Waals surface area contributed by atoms with Crippen molar-refractivity contribution in [1.82, 2.24) is 4.98 Å². The van der Waals surface area contributed by atoms with E-state index in [1.165, 1.54) is 18.2 Å². The van der Waals surface area contributed by atoms with Gasteiger partial charge in [-0.15, -0.1) is 0 Å². The van der Waals surface area contributed by atoms with Gasteiger partial charge in [-0.3, -0.25) is 9.78 Å². The lowest BCUT2D eigenvalue weighted by molar-refractivity contribution is 0.0698. The number of pyridine rings is 1. The van der Waals surface area contributed by atoms with E-state index >= 15 is 0 Å². The summed E-state index contributed by atoms with van der Waals surface area (Å²) in [5, 5.41) is 13.3. The van der Waals surface area contributed by atoms with E-state index in [1.807, 2.05) is 42.5 Å². The molecule has 0 aliphatic rings. The Labute approximate surface area is 171 Å². The molecule has 4 rings (SSSR count). The number of para-hydroxylation sites is 1. The number of carbonyl (C=O) groups excluding carboxylic acids is 1. The van der Waals surface area contributed by atoms with Crippen LogP contribution in [0.25, 0.3) is 22.0 Å². The molecule has 29 heavy (non-hydrogen) atoms. The first-order chi connectivity index (χ1) is 14.0. The Morgan fingerprint density at radius 3 is 2.45 bits per heavy atom. The molecule has 0 fully saturated rings. The Morgan fingerprint density at radius 1 is 0.931 bits per heavy atom. The summed E-state index contributed by atoms with van der Waals surface area (Å²) in [5.41, 5.74) is 3.33. The molecular weight excluding hydrogens is 388 g/mol. The Kier molecular flexibility index (Phi) is 4.97. The van der Waals surface area contributed by atoms with Crippen molar-refractivity contribution in [3.05, 3.63) is 95.1 Å². The predicted molar refractivity (Wildman–Crippen MR) is 114 cm³/mol. The molecule has 5 nitrogen and oxygen atoms in total. The largest absolute Gasteiger partial charge is 0.478 e. The van der Waals surface area contributed by atoms with Crippen molar-refractivity contribution in [2.75, 3.05) is 5.32 Å². The van der Waals surface area contributed by atoms with Gasteiger partial charge in [-0.25, -0.2) is 4.79 Å². The van der Waals surface area contributed by atoms with Crippen LogP contribution in [0.4, 0.5) is 5.69 Å². The molecule has 3 aromatic carbocycles. The van der Waals surface area contributed by atoms with Crippen molar-refractivity contribution in [2.45, 2.75) is 0 Å². The lowest BCUT2D eigenvalue weighted by atomic mass is 10.0. The molecule has 4 aromatic rings. The normalized spacial score (nSPS) is 10.7. The number of nitrogens with one attached hydrogen (secondary N) is 1. The van der Waals surface area contributed by atoms with Crippen LogP contribution in [0.3, 0.4) is 0 Å². The predicted octanol–water partition coefficient (Wildman–Crippen LogP) is 5.51. The average Bonchev–Trinajstić information content (AvgIpc) is 2.74. The smallest absolute Gasteiger partial charge is 0.337 e. The molecule has 0 aliphatic carbocycles. The summed E-state index contributed by atoms with van der Waals surface area (Å²) in [6.45, 7) is 0. The maximum atomic E-state index is 12.6. The molecule has 1 amide bonds. The fraction of sp³-hybridized carbons (Fsp3) is 0. The molecule has 6 heteroatoms. The van der Waals surface area contributed by atoms with E-state index < -0.39 is 11.9 Å². The van der Waals surface area contributed by atoms with E-state index in [2.05, 4.69) is 10.3 Å². The fourth-order valence-corrected chi connectivity index (χ4v) is 3.31. The van der Waals surface area contributed by atoms with Gasteiger partial charge >= 0.3 is 5.97 Å². The quantitative estimate of drug-likeness (QED) is 0.472. The molecule has 0 radical (unpaired) electrons. The van der Waals surface area contributed by atoms with Crippen molar-refractivity contribution >= 4 is 40.1 Å². The van der Waals surface area contributed by atoms with Gasteiger partial charge in [0.1, 0.15) is 0 Å². The van der Waals surface area contributed by atoms with Crippen LogP contribution in [0.5, 0.6) is 0 Å². The summed E-state index contributed by atoms with van der Waals surface area (Å²) < 4.78 is 0. The maximum absolute atomic E-state index is 12.6. The van der Waals surface area contributed by atoms with Crippen LogP contribution in [0, 0.1) is 0 Å². The number of aromatic carboxylic acids is 1. The molecule has 0 saturated carbocycles. The average molecular weight is 403 g/mol. The maximum Gasteiger partial charge on any atom is 0.337 e. The molecular formula is C23H15ClN2O3. The number of anilines is 1. The van der Waals surface area contributed by atoms with Crippen LogP contribution >= 0.6 is 11.6 Å². The van der Waals surface area contributed by atoms with E-state index in [1.54, 1.807) is 18.3 Å². The summed E-state index contributed by atoms with van der Waals surface area (Å²) in [5.74, 6) is -1.57. The third-order valence-corrected chi connectivity index (χ3v) is 4.79. The zero-order chi connectivity index (χ0) is 20.4. The Bertz CT molecular complexity index is 1230. The first-order valence-corrected chi connectivity index (χ1v) is 9.19. The van der Waals surface area contributed by atoms with E-state index in [9.17, 15) is 14.7 Å². The van der Waals surface area contributed by atoms with Gasteiger partial charge in [0.05, 0.1) is 16.8 Å². The number of hydrogen-bond acceptors (Lipinski definition) is 3. The lowest BCUT2D eigenvalue weighted by Crippen LogP contribution is -2.14. The van der Waals surface area contributed by atoms with Gasteiger partial charge in [-0.2, -0.15) is 0 Å². The highest BCUT2D eigenvalue weighted by molar-refractivity contribution is 6.31. The van der Waals surface area contributed by atoms with E-state index in [0.29, 0.717) is 5.56 Å². The number of rotatable bonds is 4. The number of nitrogens with zero attached hydrogens (tertiary/aromatic N) is 1. The van der Waals surface area contributed by atoms with Crippen molar-refractivity contribution in [1.29, 1.82) is 0 Å². The van der Waals surface area contributed by atoms with Crippen LogP contribution in [-0.4, -0.2) is 22.0 Å². The van der Waals surface area contributed by atoms with Crippen molar-refractivity contribution in [2.24, 2.45) is 0 Å². The number of carboxylic acids is 1. The summed E-state index contributed by atoms with van der Waals surface area (Å²) in [6, 6.07) is 21.2. The van der Waals surface area contributed by atoms with Gasteiger partial charge in [0.2, 0.25) is 0 Å². The second kappa shape index (κ2) is 7.73. The molecule has 0 unspecified atom stereocenters. The Balaban J connectivity index is 1.62. The fourth-order valence-electron chi connectivity index (χ4n) is 3.14. The SMILES string of the molecule is O=C(Nc1ccc(Cl)cc1C(=O)O)c1ccc(-c2cccc3cccnc23)cc1. The van der Waals surface area contributed by atoms with Crippen LogP contribution in [0.15, 0.2) is 79.0 Å². The van der Waals surface area contributed by atoms with Gasteiger partial charge in [0.25, 0.3) is 5.91 Å². The van der Waals surface area contributed by atoms with Gasteiger partial charge in [0, 0.05) is 27.7 Å². The number of amides is 1. The summed E-state index contributed by atoms with van der Waals surface area (Å²) in [7, 11) is 0. The number of halogens is 1. The van der Waals surface area contributed by atoms with Gasteiger partial charge < -0.3 is 10.4 Å². The van der Waals surface area contributed by atoms with Crippen LogP contribution < -0.4 is 5.32 Å². The van der Waals surface area contributed by atoms with Crippen LogP contribution in [0.1, 0.15) is 20.7 Å². The molecule has 0 saturated heterocycles. The van der Waals surface area contributed by atoms with Crippen LogP contribution in [-0.2, 0) is 0 Å². The molecule has 0 aliphatic heterocycles. The molecule has 1 aromatic heterocycles. The van der Waals surface area contributed by atoms with E-state index in [-0.39, 0.29) is 16.3 Å². The van der Waals surface area contributed by atoms with E-state index in [0.717, 1.165) is 22.0 Å². The standard InChI is InChI=1S/C23H15ClN2O3/c24-17-10-11-20(19(13-17)23(28)29)26-22(27)16-8-6-14(7-9-16)18-5-1-3-15-4-2-12-25-21(15)18/h1-13H,(H,26,27)(H,28,29). The minimum absolute atomic E-state index is 0.0655. The summed E-state index contributed by atoms with van der Waals surface area (Å²) >= 11 is 5.85. The van der Waals surface area contributed by atoms with Gasteiger partial charge in [-0.05, 0) is 42.0 Å². The van der Waals surface area contributed by atoms with Gasteiger partial charge in [0.15, 0.2) is 0 Å². The number of benzene rings is 3. The molecule has 1 heterocycles. The number of hydrogen-bond donors (Lipinski definition) is 2. The number of fused-ring (bicyclic) bond motifs is 1. The van der Waals surface area contributed by atoms with Crippen LogP contribution in [0.2, 0.25) is 5.02 Å². The summed E-state index contributed by atoms with van der Waals surface area (Å²) in [6.07, 6.45) is 1.75. The molecule has 0 bridgehead atoms. The minimum atomic E-state index is -1.17. The van der Waals surface area contributed by atoms with Gasteiger partial charge in [-0.1, -0.05) is 48.0 Å². The Hall–Kier alpha value is -3.70. The lowest BCUT2D eigenvalue weighted by Gasteiger charge is -2.10. The first kappa shape index (κ1) is 18.7. The Morgan fingerprint density at radius 2 is 1.69 bits per heavy atom. The first-order valence-electron chi connectivity index (χ1n) is 8.81. The zero-order valence-electron chi connectivity index (χ0n) is 15.1. The van der Waals surface area contributed by atoms with E-state index in [4.69, 9.17) is 11.6 Å². The number of carbonyl (C=O) groups is 2. The topological polar surface area (TPSA) is 79.3 Å². The van der Waals surface area contributed by atoms with Crippen molar-refractivity contribution in [3.8, 4) is 11.1 Å². The third kappa shape index (κ3) is 3.81. The second-order valence-electron chi connectivity index (χ2n) is 6.41. The third-order valence-electron chi connectivity index (χ3n) is 4.55. The van der Waals surface area contributed by atoms with Crippen molar-refractivity contribution < 1.29 is 14.7 Å². The molecule has 0 spiro atoms. The summed E-state index contributed by atoms with van der Waals surface area (Å²) in [4.78, 5) is 28.4. The highest BCUT2D eigenvalue weighted by Crippen LogP contribution is 2.27. The molecule has 142 valence electrons. The number of carboxylic acid groups (broad SMARTS) is 1. The highest BCUT2D eigenvalue weighted by Gasteiger charge is 2.14. The molecule has 0 atom stereocenters. The number of aromatic nitrogens is 1. The monoisotopic (exact) mass is 402 g/mol. The zero-order valence-corrected chi connectivity index (χ0v) is 15.9. The molecule has 2 N–H and O–H groups in total. The second-order valence-corrected chi connectivity index (χ2v) is 6.84.